The van der Waals surface area contributed by atoms with Gasteiger partial charge in [0, 0.05) is 12.1 Å². The van der Waals surface area contributed by atoms with E-state index < -0.39 is 23.1 Å². The lowest BCUT2D eigenvalue weighted by atomic mass is 10.1. The smallest absolute Gasteiger partial charge is 0.161 e. The van der Waals surface area contributed by atoms with Crippen molar-refractivity contribution in [1.82, 2.24) is 15.0 Å². The molecule has 0 aliphatic rings. The molecule has 96 valence electrons. The first-order valence-electron chi connectivity index (χ1n) is 5.09. The number of hydrogen-bond donors (Lipinski definition) is 1. The highest BCUT2D eigenvalue weighted by atomic mass is 19.2. The van der Waals surface area contributed by atoms with Gasteiger partial charge in [-0.05, 0) is 13.8 Å². The number of nitrogens with zero attached hydrogens (tertiary/aromatic N) is 3. The number of halogens is 3. The Morgan fingerprint density at radius 2 is 1.72 bits per heavy atom. The molecule has 0 fully saturated rings. The van der Waals surface area contributed by atoms with E-state index in [1.54, 1.807) is 0 Å². The molecule has 0 saturated heterocycles. The van der Waals surface area contributed by atoms with Gasteiger partial charge in [0.25, 0.3) is 0 Å². The number of benzene rings is 1. The second kappa shape index (κ2) is 4.09. The first-order chi connectivity index (χ1) is 8.29. The van der Waals surface area contributed by atoms with Crippen molar-refractivity contribution in [2.75, 3.05) is 0 Å². The van der Waals surface area contributed by atoms with Crippen LogP contribution >= 0.6 is 0 Å². The van der Waals surface area contributed by atoms with E-state index in [0.717, 1.165) is 4.68 Å². The maximum absolute atomic E-state index is 13.5. The fourth-order valence-electron chi connectivity index (χ4n) is 1.35. The molecule has 1 heterocycles. The van der Waals surface area contributed by atoms with E-state index in [4.69, 9.17) is 0 Å². The third-order valence-electron chi connectivity index (χ3n) is 2.36. The molecule has 0 saturated carbocycles. The van der Waals surface area contributed by atoms with Crippen LogP contribution < -0.4 is 0 Å². The molecule has 0 bridgehead atoms. The zero-order chi connectivity index (χ0) is 13.5. The Bertz CT molecular complexity index is 590. The maximum atomic E-state index is 13.5. The van der Waals surface area contributed by atoms with Gasteiger partial charge in [-0.1, -0.05) is 5.21 Å². The van der Waals surface area contributed by atoms with Gasteiger partial charge in [0.2, 0.25) is 0 Å². The normalized spacial score (nSPS) is 11.9. The molecule has 7 heteroatoms. The van der Waals surface area contributed by atoms with E-state index in [2.05, 4.69) is 10.3 Å². The Labute approximate surface area is 101 Å². The van der Waals surface area contributed by atoms with E-state index in [0.29, 0.717) is 12.1 Å². The lowest BCUT2D eigenvalue weighted by Gasteiger charge is -2.11. The molecule has 2 aromatic rings. The van der Waals surface area contributed by atoms with E-state index in [1.807, 2.05) is 0 Å². The largest absolute Gasteiger partial charge is 0.384 e. The zero-order valence-electron chi connectivity index (χ0n) is 9.65. The highest BCUT2D eigenvalue weighted by Gasteiger charge is 2.21. The van der Waals surface area contributed by atoms with Gasteiger partial charge in [0.1, 0.15) is 17.0 Å². The highest BCUT2D eigenvalue weighted by molar-refractivity contribution is 5.34. The van der Waals surface area contributed by atoms with Gasteiger partial charge in [0.15, 0.2) is 17.5 Å². The van der Waals surface area contributed by atoms with Crippen LogP contribution in [-0.2, 0) is 5.60 Å². The van der Waals surface area contributed by atoms with Crippen LogP contribution in [0.4, 0.5) is 13.2 Å². The summed E-state index contributed by atoms with van der Waals surface area (Å²) >= 11 is 0. The van der Waals surface area contributed by atoms with Crippen LogP contribution in [0.15, 0.2) is 18.3 Å². The summed E-state index contributed by atoms with van der Waals surface area (Å²) in [5.41, 5.74) is -1.35. The summed E-state index contributed by atoms with van der Waals surface area (Å²) in [6.07, 6.45) is 1.25. The first kappa shape index (κ1) is 12.6. The topological polar surface area (TPSA) is 50.9 Å². The van der Waals surface area contributed by atoms with E-state index in [-0.39, 0.29) is 11.4 Å². The summed E-state index contributed by atoms with van der Waals surface area (Å²) < 4.78 is 40.2. The Kier molecular flexibility index (Phi) is 2.86. The average molecular weight is 257 g/mol. The minimum Gasteiger partial charge on any atom is -0.384 e. The lowest BCUT2D eigenvalue weighted by Crippen LogP contribution is -2.15. The van der Waals surface area contributed by atoms with Crippen LogP contribution in [0, 0.1) is 17.5 Å². The molecule has 0 amide bonds. The molecule has 0 aliphatic carbocycles. The van der Waals surface area contributed by atoms with E-state index in [1.165, 1.54) is 20.0 Å². The zero-order valence-corrected chi connectivity index (χ0v) is 9.65. The molecule has 0 radical (unpaired) electrons. The summed E-state index contributed by atoms with van der Waals surface area (Å²) in [6.45, 7) is 2.95. The van der Waals surface area contributed by atoms with Crippen molar-refractivity contribution in [3.63, 3.8) is 0 Å². The van der Waals surface area contributed by atoms with Crippen molar-refractivity contribution < 1.29 is 18.3 Å². The standard InChI is InChI=1S/C11H10F3N3O/c1-11(2,18)10-5-17(16-15-10)9-4-7(13)6(12)3-8(9)14/h3-5,18H,1-2H3. The average Bonchev–Trinajstić information content (AvgIpc) is 2.72. The Balaban J connectivity index is 2.50. The molecule has 18 heavy (non-hydrogen) atoms. The summed E-state index contributed by atoms with van der Waals surface area (Å²) in [6, 6.07) is 1.10. The molecule has 4 nitrogen and oxygen atoms in total. The minimum absolute atomic E-state index is 0.187. The van der Waals surface area contributed by atoms with Crippen LogP contribution in [0.1, 0.15) is 19.5 Å². The number of hydrogen-bond acceptors (Lipinski definition) is 3. The number of aliphatic hydroxyl groups is 1. The SMILES string of the molecule is CC(C)(O)c1cn(-c2cc(F)c(F)cc2F)nn1. The lowest BCUT2D eigenvalue weighted by molar-refractivity contribution is 0.0737. The van der Waals surface area contributed by atoms with Crippen LogP contribution in [0.2, 0.25) is 0 Å². The first-order valence-corrected chi connectivity index (χ1v) is 5.09. The summed E-state index contributed by atoms with van der Waals surface area (Å²) in [7, 11) is 0. The second-order valence-corrected chi connectivity index (χ2v) is 4.33. The summed E-state index contributed by atoms with van der Waals surface area (Å²) in [4.78, 5) is 0. The van der Waals surface area contributed by atoms with Crippen molar-refractivity contribution in [3.05, 3.63) is 41.5 Å². The van der Waals surface area contributed by atoms with Gasteiger partial charge in [-0.2, -0.15) is 0 Å². The molecule has 0 unspecified atom stereocenters. The third-order valence-corrected chi connectivity index (χ3v) is 2.36. The van der Waals surface area contributed by atoms with Crippen molar-refractivity contribution in [1.29, 1.82) is 0 Å². The highest BCUT2D eigenvalue weighted by Crippen LogP contribution is 2.20. The molecule has 0 spiro atoms. The second-order valence-electron chi connectivity index (χ2n) is 4.33. The molecule has 0 atom stereocenters. The third kappa shape index (κ3) is 2.21. The predicted molar refractivity (Wildman–Crippen MR) is 56.5 cm³/mol. The van der Waals surface area contributed by atoms with Gasteiger partial charge < -0.3 is 5.11 Å². The van der Waals surface area contributed by atoms with Crippen LogP contribution in [0.3, 0.4) is 0 Å². The monoisotopic (exact) mass is 257 g/mol. The van der Waals surface area contributed by atoms with Gasteiger partial charge in [-0.15, -0.1) is 5.10 Å². The Morgan fingerprint density at radius 1 is 1.11 bits per heavy atom. The molecular formula is C11H10F3N3O. The van der Waals surface area contributed by atoms with Gasteiger partial charge in [-0.25, -0.2) is 17.9 Å². The molecule has 1 aromatic heterocycles. The van der Waals surface area contributed by atoms with Crippen LogP contribution in [0.25, 0.3) is 5.69 Å². The minimum atomic E-state index is -1.28. The van der Waals surface area contributed by atoms with E-state index >= 15 is 0 Å². The number of rotatable bonds is 2. The quantitative estimate of drug-likeness (QED) is 0.836. The molecule has 1 N–H and O–H groups in total. The Hall–Kier alpha value is -1.89. The molecule has 2 rings (SSSR count). The molecular weight excluding hydrogens is 247 g/mol. The fraction of sp³-hybridized carbons (Fsp3) is 0.273. The van der Waals surface area contributed by atoms with Gasteiger partial charge in [0.05, 0.1) is 6.20 Å². The van der Waals surface area contributed by atoms with Gasteiger partial charge >= 0.3 is 0 Å². The van der Waals surface area contributed by atoms with E-state index in [9.17, 15) is 18.3 Å². The van der Waals surface area contributed by atoms with Crippen molar-refractivity contribution >= 4 is 0 Å². The summed E-state index contributed by atoms with van der Waals surface area (Å²) in [5, 5.41) is 16.9. The van der Waals surface area contributed by atoms with Crippen LogP contribution in [0.5, 0.6) is 0 Å². The van der Waals surface area contributed by atoms with Gasteiger partial charge in [-0.3, -0.25) is 0 Å². The molecule has 1 aromatic carbocycles. The fourth-order valence-corrected chi connectivity index (χ4v) is 1.35. The maximum Gasteiger partial charge on any atom is 0.161 e. The van der Waals surface area contributed by atoms with Crippen molar-refractivity contribution in [3.8, 4) is 5.69 Å². The number of aromatic nitrogens is 3. The predicted octanol–water partition coefficient (Wildman–Crippen LogP) is 1.91. The van der Waals surface area contributed by atoms with Crippen molar-refractivity contribution in [2.24, 2.45) is 0 Å². The van der Waals surface area contributed by atoms with Crippen LogP contribution in [-0.4, -0.2) is 20.1 Å². The molecule has 0 aliphatic heterocycles. The van der Waals surface area contributed by atoms with Crippen molar-refractivity contribution in [2.45, 2.75) is 19.4 Å². The summed E-state index contributed by atoms with van der Waals surface area (Å²) in [5.74, 6) is -3.44. The Morgan fingerprint density at radius 3 is 2.28 bits per heavy atom.